The first-order chi connectivity index (χ1) is 16.0. The fraction of sp³-hybridized carbons (Fsp3) is 0.130. The number of halogens is 1. The van der Waals surface area contributed by atoms with Gasteiger partial charge in [0.15, 0.2) is 16.8 Å². The van der Waals surface area contributed by atoms with Gasteiger partial charge in [0.1, 0.15) is 11.6 Å². The molecule has 4 aromatic rings. The molecule has 0 saturated carbocycles. The molecule has 168 valence electrons. The fourth-order valence-corrected chi connectivity index (χ4v) is 4.72. The van der Waals surface area contributed by atoms with Crippen LogP contribution >= 0.6 is 23.1 Å². The van der Waals surface area contributed by atoms with Crippen LogP contribution in [0.2, 0.25) is 0 Å². The molecule has 0 aliphatic carbocycles. The van der Waals surface area contributed by atoms with Gasteiger partial charge in [0.25, 0.3) is 0 Å². The van der Waals surface area contributed by atoms with E-state index in [2.05, 4.69) is 15.5 Å². The second-order valence-corrected chi connectivity index (χ2v) is 8.77. The third-order valence-electron chi connectivity index (χ3n) is 4.62. The largest absolute Gasteiger partial charge is 0.495 e. The first-order valence-corrected chi connectivity index (χ1v) is 11.7. The van der Waals surface area contributed by atoms with E-state index in [-0.39, 0.29) is 17.2 Å². The Morgan fingerprint density at radius 2 is 1.97 bits per heavy atom. The van der Waals surface area contributed by atoms with Crippen molar-refractivity contribution in [3.63, 3.8) is 0 Å². The maximum absolute atomic E-state index is 14.5. The summed E-state index contributed by atoms with van der Waals surface area (Å²) in [5.41, 5.74) is 0.966. The van der Waals surface area contributed by atoms with E-state index in [0.29, 0.717) is 22.4 Å². The van der Waals surface area contributed by atoms with Crippen molar-refractivity contribution in [2.24, 2.45) is 0 Å². The molecule has 0 radical (unpaired) electrons. The lowest BCUT2D eigenvalue weighted by Gasteiger charge is -2.13. The quantitative estimate of drug-likeness (QED) is 0.279. The third-order valence-corrected chi connectivity index (χ3v) is 6.42. The smallest absolute Gasteiger partial charge is 0.221 e. The van der Waals surface area contributed by atoms with Crippen LogP contribution in [0.1, 0.15) is 17.3 Å². The summed E-state index contributed by atoms with van der Waals surface area (Å²) in [5, 5.41) is 13.5. The molecule has 2 heterocycles. The van der Waals surface area contributed by atoms with Crippen LogP contribution in [0.25, 0.3) is 16.4 Å². The Morgan fingerprint density at radius 1 is 1.15 bits per heavy atom. The minimum Gasteiger partial charge on any atom is -0.495 e. The Labute approximate surface area is 197 Å². The zero-order valence-electron chi connectivity index (χ0n) is 17.7. The lowest BCUT2D eigenvalue weighted by Crippen LogP contribution is -2.10. The Morgan fingerprint density at radius 3 is 2.67 bits per heavy atom. The highest BCUT2D eigenvalue weighted by Gasteiger charge is 2.21. The number of para-hydroxylation sites is 2. The topological polar surface area (TPSA) is 86.1 Å². The van der Waals surface area contributed by atoms with Crippen LogP contribution in [-0.2, 0) is 4.79 Å². The number of carbonyl (C=O) groups excluding carboxylic acids is 2. The molecule has 0 spiro atoms. The van der Waals surface area contributed by atoms with Crippen LogP contribution in [0.4, 0.5) is 10.1 Å². The number of nitrogens with one attached hydrogen (secondary N) is 1. The summed E-state index contributed by atoms with van der Waals surface area (Å²) in [5.74, 6) is -0.218. The molecule has 7 nitrogen and oxygen atoms in total. The van der Waals surface area contributed by atoms with E-state index in [9.17, 15) is 14.0 Å². The summed E-state index contributed by atoms with van der Waals surface area (Å²) in [6.07, 6.45) is 0. The molecule has 1 N–H and O–H groups in total. The number of ketones is 1. The second kappa shape index (κ2) is 9.97. The number of amides is 1. The SMILES string of the molecule is COc1ccccc1-n1c(SCC(=O)c2ccc(NC(C)=O)cc2F)nnc1-c1cccs1. The van der Waals surface area contributed by atoms with Gasteiger partial charge < -0.3 is 10.1 Å². The summed E-state index contributed by atoms with van der Waals surface area (Å²) >= 11 is 2.68. The van der Waals surface area contributed by atoms with Gasteiger partial charge in [0.2, 0.25) is 5.91 Å². The summed E-state index contributed by atoms with van der Waals surface area (Å²) in [4.78, 5) is 24.8. The normalized spacial score (nSPS) is 10.8. The van der Waals surface area contributed by atoms with E-state index in [1.165, 1.54) is 30.4 Å². The third kappa shape index (κ3) is 4.96. The van der Waals surface area contributed by atoms with E-state index in [0.717, 1.165) is 28.4 Å². The Balaban J connectivity index is 1.63. The summed E-state index contributed by atoms with van der Waals surface area (Å²) < 4.78 is 21.8. The van der Waals surface area contributed by atoms with Crippen LogP contribution in [0.3, 0.4) is 0 Å². The number of thiophene rings is 1. The van der Waals surface area contributed by atoms with Crippen molar-refractivity contribution < 1.29 is 18.7 Å². The Hall–Kier alpha value is -3.50. The van der Waals surface area contributed by atoms with E-state index in [1.807, 2.05) is 46.3 Å². The molecule has 0 aliphatic heterocycles. The van der Waals surface area contributed by atoms with Crippen molar-refractivity contribution in [2.75, 3.05) is 18.2 Å². The maximum atomic E-state index is 14.5. The van der Waals surface area contributed by atoms with Crippen LogP contribution < -0.4 is 10.1 Å². The first-order valence-electron chi connectivity index (χ1n) is 9.83. The molecule has 4 rings (SSSR count). The summed E-state index contributed by atoms with van der Waals surface area (Å²) in [7, 11) is 1.58. The number of anilines is 1. The van der Waals surface area contributed by atoms with Gasteiger partial charge in [-0.3, -0.25) is 14.2 Å². The van der Waals surface area contributed by atoms with Gasteiger partial charge in [0, 0.05) is 12.6 Å². The number of ether oxygens (including phenoxy) is 1. The predicted octanol–water partition coefficient (Wildman–Crippen LogP) is 5.08. The maximum Gasteiger partial charge on any atom is 0.221 e. The van der Waals surface area contributed by atoms with Gasteiger partial charge in [-0.1, -0.05) is 30.0 Å². The first kappa shape index (κ1) is 22.7. The van der Waals surface area contributed by atoms with E-state index in [1.54, 1.807) is 7.11 Å². The van der Waals surface area contributed by atoms with Crippen LogP contribution in [-0.4, -0.2) is 39.3 Å². The Bertz CT molecular complexity index is 1310. The second-order valence-electron chi connectivity index (χ2n) is 6.88. The molecule has 2 aromatic heterocycles. The molecule has 0 atom stereocenters. The van der Waals surface area contributed by atoms with E-state index >= 15 is 0 Å². The van der Waals surface area contributed by atoms with Gasteiger partial charge in [-0.25, -0.2) is 4.39 Å². The molecule has 0 aliphatic rings. The van der Waals surface area contributed by atoms with E-state index < -0.39 is 11.6 Å². The van der Waals surface area contributed by atoms with Gasteiger partial charge in [-0.15, -0.1) is 21.5 Å². The van der Waals surface area contributed by atoms with E-state index in [4.69, 9.17) is 4.74 Å². The van der Waals surface area contributed by atoms with Crippen molar-refractivity contribution in [2.45, 2.75) is 12.1 Å². The Kier molecular flexibility index (Phi) is 6.85. The molecule has 0 saturated heterocycles. The van der Waals surface area contributed by atoms with Crippen molar-refractivity contribution in [1.82, 2.24) is 14.8 Å². The average Bonchev–Trinajstić information content (AvgIpc) is 3.47. The number of nitrogens with zero attached hydrogens (tertiary/aromatic N) is 3. The molecular formula is C23H19FN4O3S2. The van der Waals surface area contributed by atoms with Crippen molar-refractivity contribution in [3.8, 4) is 22.1 Å². The van der Waals surface area contributed by atoms with Gasteiger partial charge in [-0.2, -0.15) is 0 Å². The van der Waals surface area contributed by atoms with Crippen molar-refractivity contribution in [1.29, 1.82) is 0 Å². The van der Waals surface area contributed by atoms with Crippen LogP contribution in [0.5, 0.6) is 5.75 Å². The number of Topliss-reactive ketones (excluding diaryl/α,β-unsaturated/α-hetero) is 1. The monoisotopic (exact) mass is 482 g/mol. The zero-order valence-corrected chi connectivity index (χ0v) is 19.4. The number of thioether (sulfide) groups is 1. The minimum atomic E-state index is -0.697. The highest BCUT2D eigenvalue weighted by molar-refractivity contribution is 7.99. The van der Waals surface area contributed by atoms with Gasteiger partial charge >= 0.3 is 0 Å². The number of aromatic nitrogens is 3. The van der Waals surface area contributed by atoms with Crippen LogP contribution in [0.15, 0.2) is 65.1 Å². The highest BCUT2D eigenvalue weighted by Crippen LogP contribution is 2.34. The lowest BCUT2D eigenvalue weighted by atomic mass is 10.1. The molecule has 0 unspecified atom stereocenters. The van der Waals surface area contributed by atoms with Crippen molar-refractivity contribution >= 4 is 40.5 Å². The molecular weight excluding hydrogens is 463 g/mol. The fourth-order valence-electron chi connectivity index (χ4n) is 3.19. The standard InChI is InChI=1S/C23H19FN4O3S2/c1-14(29)25-15-9-10-16(17(24)12-15)19(30)13-33-23-27-26-22(21-8-5-11-32-21)28(23)18-6-3-4-7-20(18)31-2/h3-12H,13H2,1-2H3,(H,25,29). The number of rotatable bonds is 8. The molecule has 33 heavy (non-hydrogen) atoms. The lowest BCUT2D eigenvalue weighted by molar-refractivity contribution is -0.114. The minimum absolute atomic E-state index is 0.0475. The van der Waals surface area contributed by atoms with Gasteiger partial charge in [-0.05, 0) is 41.8 Å². The summed E-state index contributed by atoms with van der Waals surface area (Å²) in [6.45, 7) is 1.33. The molecule has 0 bridgehead atoms. The van der Waals surface area contributed by atoms with Gasteiger partial charge in [0.05, 0.1) is 29.0 Å². The van der Waals surface area contributed by atoms with Crippen molar-refractivity contribution in [3.05, 3.63) is 71.4 Å². The summed E-state index contributed by atoms with van der Waals surface area (Å²) in [6, 6.07) is 15.3. The number of hydrogen-bond donors (Lipinski definition) is 1. The number of methoxy groups -OCH3 is 1. The molecule has 0 fully saturated rings. The molecule has 2 aromatic carbocycles. The number of hydrogen-bond acceptors (Lipinski definition) is 7. The van der Waals surface area contributed by atoms with Crippen LogP contribution in [0, 0.1) is 5.82 Å². The number of benzene rings is 2. The molecule has 1 amide bonds. The highest BCUT2D eigenvalue weighted by atomic mass is 32.2. The average molecular weight is 483 g/mol. The number of carbonyl (C=O) groups is 2. The zero-order chi connectivity index (χ0) is 23.4. The molecule has 10 heteroatoms. The predicted molar refractivity (Wildman–Crippen MR) is 127 cm³/mol.